The lowest BCUT2D eigenvalue weighted by atomic mass is 9.87. The molecule has 3 heteroatoms. The number of hydrogen-bond donors (Lipinski definition) is 1. The number of nitrogens with one attached hydrogen (secondary N) is 1. The van der Waals surface area contributed by atoms with Crippen LogP contribution >= 0.6 is 11.6 Å². The molecule has 2 fully saturated rings. The van der Waals surface area contributed by atoms with Crippen molar-refractivity contribution in [3.8, 4) is 0 Å². The molecule has 0 bridgehead atoms. The lowest BCUT2D eigenvalue weighted by Crippen LogP contribution is -2.32. The summed E-state index contributed by atoms with van der Waals surface area (Å²) in [7, 11) is 0. The van der Waals surface area contributed by atoms with Crippen molar-refractivity contribution in [1.82, 2.24) is 5.32 Å². The topological polar surface area (TPSA) is 21.3 Å². The van der Waals surface area contributed by atoms with Gasteiger partial charge in [0, 0.05) is 17.6 Å². The maximum atomic E-state index is 6.50. The number of rotatable bonds is 6. The van der Waals surface area contributed by atoms with Crippen LogP contribution in [0.15, 0.2) is 24.3 Å². The molecule has 1 aromatic carbocycles. The van der Waals surface area contributed by atoms with Gasteiger partial charge in [-0.25, -0.2) is 0 Å². The Hall–Kier alpha value is -0.570. The molecule has 116 valence electrons. The first-order valence-electron chi connectivity index (χ1n) is 8.36. The molecule has 0 aliphatic heterocycles. The zero-order valence-electron chi connectivity index (χ0n) is 12.9. The van der Waals surface area contributed by atoms with Gasteiger partial charge in [-0.2, -0.15) is 0 Å². The second kappa shape index (κ2) is 7.13. The smallest absolute Gasteiger partial charge is 0.0953 e. The van der Waals surface area contributed by atoms with E-state index < -0.39 is 0 Å². The molecular weight excluding hydrogens is 282 g/mol. The summed E-state index contributed by atoms with van der Waals surface area (Å²) >= 11 is 6.01. The summed E-state index contributed by atoms with van der Waals surface area (Å²) < 4.78 is 6.50. The summed E-state index contributed by atoms with van der Waals surface area (Å²) in [6.45, 7) is 3.24. The molecule has 3 unspecified atom stereocenters. The van der Waals surface area contributed by atoms with Crippen molar-refractivity contribution < 1.29 is 4.74 Å². The SMILES string of the molecule is CC1CCCCC1OC(CNC1CC1)c1ccc(Cl)cc1. The molecule has 2 aliphatic carbocycles. The maximum Gasteiger partial charge on any atom is 0.0953 e. The van der Waals surface area contributed by atoms with E-state index in [1.54, 1.807) is 0 Å². The van der Waals surface area contributed by atoms with E-state index in [1.807, 2.05) is 12.1 Å². The summed E-state index contributed by atoms with van der Waals surface area (Å²) in [5.41, 5.74) is 1.24. The average molecular weight is 308 g/mol. The van der Waals surface area contributed by atoms with Gasteiger partial charge in [0.25, 0.3) is 0 Å². The Kier molecular flexibility index (Phi) is 5.20. The Labute approximate surface area is 133 Å². The highest BCUT2D eigenvalue weighted by molar-refractivity contribution is 6.30. The minimum absolute atomic E-state index is 0.147. The quantitative estimate of drug-likeness (QED) is 0.820. The Morgan fingerprint density at radius 3 is 2.52 bits per heavy atom. The van der Waals surface area contributed by atoms with Crippen molar-refractivity contribution in [3.63, 3.8) is 0 Å². The van der Waals surface area contributed by atoms with E-state index in [9.17, 15) is 0 Å². The van der Waals surface area contributed by atoms with Crippen molar-refractivity contribution in [2.24, 2.45) is 5.92 Å². The number of benzene rings is 1. The Bertz CT molecular complexity index is 443. The van der Waals surface area contributed by atoms with Crippen LogP contribution in [0.1, 0.15) is 57.1 Å². The van der Waals surface area contributed by atoms with Gasteiger partial charge in [0.1, 0.15) is 0 Å². The first kappa shape index (κ1) is 15.3. The zero-order valence-corrected chi connectivity index (χ0v) is 13.6. The van der Waals surface area contributed by atoms with Crippen LogP contribution < -0.4 is 5.32 Å². The van der Waals surface area contributed by atoms with Gasteiger partial charge in [0.05, 0.1) is 12.2 Å². The molecule has 1 aromatic rings. The van der Waals surface area contributed by atoms with E-state index in [2.05, 4.69) is 24.4 Å². The fraction of sp³-hybridized carbons (Fsp3) is 0.667. The van der Waals surface area contributed by atoms with Gasteiger partial charge in [-0.1, -0.05) is 43.5 Å². The molecule has 3 atom stereocenters. The van der Waals surface area contributed by atoms with Crippen LogP contribution in [0.25, 0.3) is 0 Å². The fourth-order valence-corrected chi connectivity index (χ4v) is 3.30. The standard InChI is InChI=1S/C18H26ClNO/c1-13-4-2-3-5-17(13)21-18(12-20-16-10-11-16)14-6-8-15(19)9-7-14/h6-9,13,16-18,20H,2-5,10-12H2,1H3. The van der Waals surface area contributed by atoms with Gasteiger partial charge < -0.3 is 10.1 Å². The molecule has 21 heavy (non-hydrogen) atoms. The molecule has 2 aliphatic rings. The number of hydrogen-bond acceptors (Lipinski definition) is 2. The van der Waals surface area contributed by atoms with E-state index in [0.717, 1.165) is 11.6 Å². The minimum atomic E-state index is 0.147. The molecule has 0 aromatic heterocycles. The highest BCUT2D eigenvalue weighted by Gasteiger charge is 2.28. The summed E-state index contributed by atoms with van der Waals surface area (Å²) in [5.74, 6) is 0.675. The first-order chi connectivity index (χ1) is 10.2. The van der Waals surface area contributed by atoms with Gasteiger partial charge in [-0.3, -0.25) is 0 Å². The molecule has 0 amide bonds. The van der Waals surface area contributed by atoms with Crippen LogP contribution in [-0.4, -0.2) is 18.7 Å². The second-order valence-electron chi connectivity index (χ2n) is 6.66. The Balaban J connectivity index is 1.66. The Morgan fingerprint density at radius 1 is 1.14 bits per heavy atom. The van der Waals surface area contributed by atoms with Crippen molar-refractivity contribution in [3.05, 3.63) is 34.9 Å². The van der Waals surface area contributed by atoms with Crippen LogP contribution in [-0.2, 0) is 4.74 Å². The predicted octanol–water partition coefficient (Wildman–Crippen LogP) is 4.73. The van der Waals surface area contributed by atoms with Gasteiger partial charge >= 0.3 is 0 Å². The lowest BCUT2D eigenvalue weighted by Gasteiger charge is -2.33. The van der Waals surface area contributed by atoms with Crippen molar-refractivity contribution in [1.29, 1.82) is 0 Å². The first-order valence-corrected chi connectivity index (χ1v) is 8.74. The summed E-state index contributed by atoms with van der Waals surface area (Å²) in [6.07, 6.45) is 8.34. The highest BCUT2D eigenvalue weighted by Crippen LogP contribution is 2.31. The number of ether oxygens (including phenoxy) is 1. The van der Waals surface area contributed by atoms with Crippen LogP contribution in [0.3, 0.4) is 0 Å². The van der Waals surface area contributed by atoms with Crippen molar-refractivity contribution in [2.45, 2.75) is 63.7 Å². The van der Waals surface area contributed by atoms with Crippen LogP contribution in [0, 0.1) is 5.92 Å². The Morgan fingerprint density at radius 2 is 1.86 bits per heavy atom. The summed E-state index contributed by atoms with van der Waals surface area (Å²) in [6, 6.07) is 8.86. The molecule has 2 nitrogen and oxygen atoms in total. The van der Waals surface area contributed by atoms with Gasteiger partial charge in [0.15, 0.2) is 0 Å². The van der Waals surface area contributed by atoms with Gasteiger partial charge in [0.2, 0.25) is 0 Å². The third-order valence-electron chi connectivity index (χ3n) is 4.78. The molecule has 0 heterocycles. The molecule has 0 spiro atoms. The highest BCUT2D eigenvalue weighted by atomic mass is 35.5. The van der Waals surface area contributed by atoms with E-state index in [0.29, 0.717) is 18.1 Å². The van der Waals surface area contributed by atoms with Gasteiger partial charge in [-0.05, 0) is 49.3 Å². The van der Waals surface area contributed by atoms with Crippen LogP contribution in [0.4, 0.5) is 0 Å². The third kappa shape index (κ3) is 4.45. The fourth-order valence-electron chi connectivity index (χ4n) is 3.18. The average Bonchev–Trinajstić information content (AvgIpc) is 3.31. The zero-order chi connectivity index (χ0) is 14.7. The molecule has 1 N–H and O–H groups in total. The van der Waals surface area contributed by atoms with E-state index in [4.69, 9.17) is 16.3 Å². The van der Waals surface area contributed by atoms with E-state index in [1.165, 1.54) is 44.1 Å². The number of halogens is 1. The molecule has 2 saturated carbocycles. The summed E-state index contributed by atoms with van der Waals surface area (Å²) in [4.78, 5) is 0. The van der Waals surface area contributed by atoms with Crippen LogP contribution in [0.5, 0.6) is 0 Å². The lowest BCUT2D eigenvalue weighted by molar-refractivity contribution is -0.0565. The molecule has 3 rings (SSSR count). The predicted molar refractivity (Wildman–Crippen MR) is 87.7 cm³/mol. The monoisotopic (exact) mass is 307 g/mol. The molecule has 0 saturated heterocycles. The van der Waals surface area contributed by atoms with Crippen molar-refractivity contribution in [2.75, 3.05) is 6.54 Å². The second-order valence-corrected chi connectivity index (χ2v) is 7.10. The molecule has 0 radical (unpaired) electrons. The van der Waals surface area contributed by atoms with E-state index >= 15 is 0 Å². The van der Waals surface area contributed by atoms with Crippen molar-refractivity contribution >= 4 is 11.6 Å². The molecular formula is C18H26ClNO. The summed E-state index contributed by atoms with van der Waals surface area (Å²) in [5, 5.41) is 4.41. The third-order valence-corrected chi connectivity index (χ3v) is 5.03. The maximum absolute atomic E-state index is 6.50. The van der Waals surface area contributed by atoms with Gasteiger partial charge in [-0.15, -0.1) is 0 Å². The normalized spacial score (nSPS) is 27.5. The van der Waals surface area contributed by atoms with E-state index in [-0.39, 0.29) is 6.10 Å². The minimum Gasteiger partial charge on any atom is -0.369 e. The van der Waals surface area contributed by atoms with Crippen LogP contribution in [0.2, 0.25) is 5.02 Å². The largest absolute Gasteiger partial charge is 0.369 e.